The molecule has 1 unspecified atom stereocenters. The molecular weight excluding hydrogens is 268 g/mol. The fraction of sp³-hybridized carbons (Fsp3) is 0.438. The summed E-state index contributed by atoms with van der Waals surface area (Å²) in [6, 6.07) is 5.46. The van der Waals surface area contributed by atoms with Gasteiger partial charge in [-0.15, -0.1) is 0 Å². The van der Waals surface area contributed by atoms with Crippen LogP contribution in [-0.2, 0) is 4.79 Å². The average molecular weight is 290 g/mol. The number of benzene rings is 1. The third kappa shape index (κ3) is 3.36. The molecule has 0 aliphatic carbocycles. The summed E-state index contributed by atoms with van der Waals surface area (Å²) in [5.74, 6) is 1.41. The molecule has 0 spiro atoms. The van der Waals surface area contributed by atoms with Gasteiger partial charge in [0.25, 0.3) is 0 Å². The molecule has 0 radical (unpaired) electrons. The summed E-state index contributed by atoms with van der Waals surface area (Å²) in [6.45, 7) is 5.42. The first-order valence-electron chi connectivity index (χ1n) is 6.99. The van der Waals surface area contributed by atoms with Gasteiger partial charge in [0, 0.05) is 30.3 Å². The Morgan fingerprint density at radius 3 is 2.52 bits per heavy atom. The molecule has 0 aromatic heterocycles. The van der Waals surface area contributed by atoms with Gasteiger partial charge in [-0.05, 0) is 31.6 Å². The van der Waals surface area contributed by atoms with Crippen molar-refractivity contribution in [1.29, 1.82) is 0 Å². The Morgan fingerprint density at radius 1 is 1.29 bits per heavy atom. The Balaban J connectivity index is 2.12. The highest BCUT2D eigenvalue weighted by molar-refractivity contribution is 5.94. The normalized spacial score (nSPS) is 15.0. The number of carbonyl (C=O) groups is 1. The molecule has 1 heterocycles. The number of amides is 1. The largest absolute Gasteiger partial charge is 0.497 e. The van der Waals surface area contributed by atoms with Crippen LogP contribution in [0, 0.1) is 0 Å². The van der Waals surface area contributed by atoms with Crippen LogP contribution in [0.5, 0.6) is 11.5 Å². The van der Waals surface area contributed by atoms with E-state index in [-0.39, 0.29) is 11.9 Å². The van der Waals surface area contributed by atoms with Crippen molar-refractivity contribution in [1.82, 2.24) is 10.6 Å². The van der Waals surface area contributed by atoms with Crippen LogP contribution in [0.25, 0.3) is 0 Å². The van der Waals surface area contributed by atoms with E-state index in [2.05, 4.69) is 10.6 Å². The van der Waals surface area contributed by atoms with Gasteiger partial charge in [0.2, 0.25) is 5.91 Å². The quantitative estimate of drug-likeness (QED) is 0.812. The van der Waals surface area contributed by atoms with Crippen molar-refractivity contribution in [3.8, 4) is 11.5 Å². The van der Waals surface area contributed by atoms with Crippen LogP contribution in [0.4, 0.5) is 0 Å². The highest BCUT2D eigenvalue weighted by Gasteiger charge is 2.19. The number of nitrogens with one attached hydrogen (secondary N) is 2. The van der Waals surface area contributed by atoms with Gasteiger partial charge >= 0.3 is 0 Å². The fourth-order valence-electron chi connectivity index (χ4n) is 2.23. The molecule has 1 atom stereocenters. The van der Waals surface area contributed by atoms with Gasteiger partial charge in [-0.2, -0.15) is 0 Å². The molecule has 2 rings (SSSR count). The second kappa shape index (κ2) is 6.63. The van der Waals surface area contributed by atoms with Crippen LogP contribution in [0.15, 0.2) is 29.3 Å². The second-order valence-electron chi connectivity index (χ2n) is 5.14. The van der Waals surface area contributed by atoms with E-state index in [1.54, 1.807) is 14.2 Å². The molecule has 1 aromatic rings. The van der Waals surface area contributed by atoms with E-state index in [1.807, 2.05) is 32.0 Å². The fourth-order valence-corrected chi connectivity index (χ4v) is 2.23. The van der Waals surface area contributed by atoms with Crippen LogP contribution in [0.3, 0.4) is 0 Å². The van der Waals surface area contributed by atoms with Gasteiger partial charge < -0.3 is 20.1 Å². The van der Waals surface area contributed by atoms with Crippen LogP contribution in [-0.4, -0.2) is 33.2 Å². The predicted molar refractivity (Wildman–Crippen MR) is 81.7 cm³/mol. The molecule has 1 aromatic carbocycles. The van der Waals surface area contributed by atoms with Crippen molar-refractivity contribution in [2.75, 3.05) is 27.3 Å². The second-order valence-corrected chi connectivity index (χ2v) is 5.14. The Morgan fingerprint density at radius 2 is 2.00 bits per heavy atom. The molecule has 1 aliphatic heterocycles. The van der Waals surface area contributed by atoms with Crippen LogP contribution in [0.2, 0.25) is 0 Å². The number of rotatable bonds is 5. The van der Waals surface area contributed by atoms with Gasteiger partial charge in [0.15, 0.2) is 0 Å². The highest BCUT2D eigenvalue weighted by atomic mass is 16.5. The Labute approximate surface area is 125 Å². The monoisotopic (exact) mass is 290 g/mol. The van der Waals surface area contributed by atoms with Crippen molar-refractivity contribution in [3.63, 3.8) is 0 Å². The number of methoxy groups -OCH3 is 2. The van der Waals surface area contributed by atoms with Gasteiger partial charge in [0.05, 0.1) is 20.3 Å². The summed E-state index contributed by atoms with van der Waals surface area (Å²) >= 11 is 0. The molecule has 1 saturated heterocycles. The van der Waals surface area contributed by atoms with E-state index in [0.29, 0.717) is 5.75 Å². The lowest BCUT2D eigenvalue weighted by atomic mass is 10.0. The van der Waals surface area contributed by atoms with Crippen molar-refractivity contribution in [2.45, 2.75) is 19.9 Å². The summed E-state index contributed by atoms with van der Waals surface area (Å²) in [6.07, 6.45) is 0. The van der Waals surface area contributed by atoms with E-state index < -0.39 is 0 Å². The van der Waals surface area contributed by atoms with E-state index in [1.165, 1.54) is 5.57 Å². The molecule has 21 heavy (non-hydrogen) atoms. The minimum absolute atomic E-state index is 0.0307. The number of ether oxygens (including phenoxy) is 2. The van der Waals surface area contributed by atoms with E-state index in [0.717, 1.165) is 30.0 Å². The smallest absolute Gasteiger partial charge is 0.247 e. The average Bonchev–Trinajstić information content (AvgIpc) is 2.44. The molecule has 5 nitrogen and oxygen atoms in total. The number of hydrogen-bond acceptors (Lipinski definition) is 4. The van der Waals surface area contributed by atoms with Crippen LogP contribution >= 0.6 is 0 Å². The first kappa shape index (κ1) is 15.4. The van der Waals surface area contributed by atoms with Crippen LogP contribution in [0.1, 0.15) is 25.5 Å². The minimum Gasteiger partial charge on any atom is -0.497 e. The van der Waals surface area contributed by atoms with Crippen molar-refractivity contribution >= 4 is 5.91 Å². The molecule has 114 valence electrons. The molecule has 5 heteroatoms. The van der Waals surface area contributed by atoms with E-state index in [4.69, 9.17) is 9.47 Å². The van der Waals surface area contributed by atoms with Crippen LogP contribution < -0.4 is 20.1 Å². The van der Waals surface area contributed by atoms with Gasteiger partial charge in [-0.25, -0.2) is 0 Å². The SMILES string of the molecule is COc1ccc(C(C)NC(=O)C(C)=C2CNC2)c(OC)c1. The third-order valence-electron chi connectivity index (χ3n) is 3.80. The molecule has 0 saturated carbocycles. The zero-order valence-corrected chi connectivity index (χ0v) is 12.9. The van der Waals surface area contributed by atoms with Crippen molar-refractivity contribution in [3.05, 3.63) is 34.9 Å². The molecule has 1 aliphatic rings. The Bertz CT molecular complexity index is 561. The highest BCUT2D eigenvalue weighted by Crippen LogP contribution is 2.29. The number of hydrogen-bond donors (Lipinski definition) is 2. The lowest BCUT2D eigenvalue weighted by Crippen LogP contribution is -2.38. The van der Waals surface area contributed by atoms with E-state index in [9.17, 15) is 4.79 Å². The summed E-state index contributed by atoms with van der Waals surface area (Å²) in [5, 5.41) is 6.15. The standard InChI is InChI=1S/C16H22N2O3/c1-10(12-8-17-9-12)16(19)18-11(2)14-6-5-13(20-3)7-15(14)21-4/h5-7,11,17H,8-9H2,1-4H3,(H,18,19). The molecular formula is C16H22N2O3. The summed E-state index contributed by atoms with van der Waals surface area (Å²) in [7, 11) is 3.22. The molecule has 1 amide bonds. The maximum Gasteiger partial charge on any atom is 0.247 e. The summed E-state index contributed by atoms with van der Waals surface area (Å²) in [5.41, 5.74) is 2.89. The Kier molecular flexibility index (Phi) is 4.85. The van der Waals surface area contributed by atoms with Gasteiger partial charge in [-0.1, -0.05) is 0 Å². The van der Waals surface area contributed by atoms with Crippen molar-refractivity contribution in [2.24, 2.45) is 0 Å². The van der Waals surface area contributed by atoms with Gasteiger partial charge in [-0.3, -0.25) is 4.79 Å². The van der Waals surface area contributed by atoms with Crippen molar-refractivity contribution < 1.29 is 14.3 Å². The maximum atomic E-state index is 12.2. The van der Waals surface area contributed by atoms with Gasteiger partial charge in [0.1, 0.15) is 11.5 Å². The lowest BCUT2D eigenvalue weighted by molar-refractivity contribution is -0.118. The Hall–Kier alpha value is -2.01. The van der Waals surface area contributed by atoms with E-state index >= 15 is 0 Å². The molecule has 2 N–H and O–H groups in total. The summed E-state index contributed by atoms with van der Waals surface area (Å²) in [4.78, 5) is 12.2. The first-order valence-corrected chi connectivity index (χ1v) is 6.99. The maximum absolute atomic E-state index is 12.2. The summed E-state index contributed by atoms with van der Waals surface area (Å²) < 4.78 is 10.6. The topological polar surface area (TPSA) is 59.6 Å². The predicted octanol–water partition coefficient (Wildman–Crippen LogP) is 1.80. The lowest BCUT2D eigenvalue weighted by Gasteiger charge is -2.23. The zero-order chi connectivity index (χ0) is 15.4. The molecule has 0 bridgehead atoms. The first-order chi connectivity index (χ1) is 10.1. The minimum atomic E-state index is -0.137. The zero-order valence-electron chi connectivity index (χ0n) is 12.9. The third-order valence-corrected chi connectivity index (χ3v) is 3.80. The molecule has 1 fully saturated rings. The number of carbonyl (C=O) groups excluding carboxylic acids is 1.